The summed E-state index contributed by atoms with van der Waals surface area (Å²) < 4.78 is 24.6. The topological polar surface area (TPSA) is 93.2 Å². The molecule has 0 fully saturated rings. The first-order valence-corrected chi connectivity index (χ1v) is 8.19. The first-order valence-electron chi connectivity index (χ1n) is 6.30. The van der Waals surface area contributed by atoms with E-state index in [1.165, 1.54) is 0 Å². The lowest BCUT2D eigenvalue weighted by molar-refractivity contribution is -0.156. The molecule has 0 radical (unpaired) electrons. The minimum Gasteiger partial charge on any atom is -0.459 e. The number of esters is 1. The lowest BCUT2D eigenvalue weighted by Gasteiger charge is -2.22. The third-order valence-electron chi connectivity index (χ3n) is 2.30. The number of hydrogen-bond acceptors (Lipinski definition) is 5. The van der Waals surface area contributed by atoms with E-state index >= 15 is 0 Å². The van der Waals surface area contributed by atoms with Crippen LogP contribution in [0.15, 0.2) is 0 Å². The van der Waals surface area contributed by atoms with Gasteiger partial charge in [-0.1, -0.05) is 13.3 Å². The minimum absolute atomic E-state index is 0.160. The van der Waals surface area contributed by atoms with Crippen LogP contribution in [-0.2, 0) is 19.3 Å². The third-order valence-corrected chi connectivity index (χ3v) is 4.14. The molecule has 18 heavy (non-hydrogen) atoms. The minimum atomic E-state index is -2.60. The van der Waals surface area contributed by atoms with Crippen LogP contribution in [0.1, 0.15) is 47.0 Å². The zero-order valence-corrected chi connectivity index (χ0v) is 12.6. The van der Waals surface area contributed by atoms with Gasteiger partial charge in [0.2, 0.25) is 0 Å². The van der Waals surface area contributed by atoms with E-state index in [4.69, 9.17) is 15.3 Å². The molecule has 0 saturated heterocycles. The molecule has 0 spiro atoms. The predicted octanol–water partition coefficient (Wildman–Crippen LogP) is 1.89. The fourth-order valence-electron chi connectivity index (χ4n) is 1.29. The highest BCUT2D eigenvalue weighted by molar-refractivity contribution is 7.92. The van der Waals surface area contributed by atoms with Gasteiger partial charge in [0.25, 0.3) is 0 Å². The molecule has 0 rings (SSSR count). The number of nitrogens with one attached hydrogen (secondary N) is 1. The highest BCUT2D eigenvalue weighted by Crippen LogP contribution is 2.10. The van der Waals surface area contributed by atoms with Crippen LogP contribution in [0, 0.1) is 4.78 Å². The molecule has 0 saturated carbocycles. The van der Waals surface area contributed by atoms with Crippen LogP contribution < -0.4 is 5.73 Å². The van der Waals surface area contributed by atoms with Crippen molar-refractivity contribution in [1.82, 2.24) is 0 Å². The summed E-state index contributed by atoms with van der Waals surface area (Å²) in [5, 5.41) is 0. The van der Waals surface area contributed by atoms with Crippen molar-refractivity contribution >= 4 is 15.7 Å². The van der Waals surface area contributed by atoms with Gasteiger partial charge in [-0.25, -0.2) is 4.21 Å². The molecule has 0 aromatic heterocycles. The Balaban J connectivity index is 4.18. The van der Waals surface area contributed by atoms with Crippen molar-refractivity contribution in [3.05, 3.63) is 0 Å². The molecule has 0 bridgehead atoms. The van der Waals surface area contributed by atoms with Gasteiger partial charge in [0.1, 0.15) is 11.6 Å². The largest absolute Gasteiger partial charge is 0.459 e. The Morgan fingerprint density at radius 1 is 1.39 bits per heavy atom. The highest BCUT2D eigenvalue weighted by atomic mass is 32.2. The molecular weight excluding hydrogens is 252 g/mol. The maximum Gasteiger partial charge on any atom is 0.323 e. The Hall–Kier alpha value is -0.620. The molecule has 0 aliphatic carbocycles. The Kier molecular flexibility index (Phi) is 6.84. The number of unbranched alkanes of at least 4 members (excludes halogenated alkanes) is 1. The maximum absolute atomic E-state index is 11.8. The van der Waals surface area contributed by atoms with E-state index in [-0.39, 0.29) is 12.2 Å². The number of hydrogen-bond donors (Lipinski definition) is 2. The molecule has 1 unspecified atom stereocenters. The van der Waals surface area contributed by atoms with Crippen LogP contribution in [-0.4, -0.2) is 33.3 Å². The standard InChI is InChI=1S/C12H26N2O3S/c1-5-6-8-18(14,16)9-7-10(13)11(15)17-12(2,3)4/h10,14H,5-9,13H2,1-4H3/t10-,18?/m0/s1. The quantitative estimate of drug-likeness (QED) is 0.695. The predicted molar refractivity (Wildman–Crippen MR) is 73.9 cm³/mol. The van der Waals surface area contributed by atoms with Crippen LogP contribution in [0.2, 0.25) is 0 Å². The van der Waals surface area contributed by atoms with Gasteiger partial charge in [0, 0.05) is 21.2 Å². The summed E-state index contributed by atoms with van der Waals surface area (Å²) in [5.41, 5.74) is 5.11. The fourth-order valence-corrected chi connectivity index (χ4v) is 2.89. The van der Waals surface area contributed by atoms with Crippen molar-refractivity contribution in [2.45, 2.75) is 58.6 Å². The SMILES string of the molecule is CCCCS(=N)(=O)CC[C@H](N)C(=O)OC(C)(C)C. The molecule has 0 amide bonds. The number of nitrogens with two attached hydrogens (primary N) is 1. The zero-order chi connectivity index (χ0) is 14.4. The van der Waals surface area contributed by atoms with Crippen LogP contribution in [0.5, 0.6) is 0 Å². The smallest absolute Gasteiger partial charge is 0.323 e. The zero-order valence-electron chi connectivity index (χ0n) is 11.8. The number of rotatable bonds is 7. The molecule has 5 nitrogen and oxygen atoms in total. The van der Waals surface area contributed by atoms with Gasteiger partial charge in [0.15, 0.2) is 0 Å². The summed E-state index contributed by atoms with van der Waals surface area (Å²) in [7, 11) is -2.60. The molecule has 3 N–H and O–H groups in total. The van der Waals surface area contributed by atoms with E-state index in [1.54, 1.807) is 20.8 Å². The van der Waals surface area contributed by atoms with Crippen LogP contribution in [0.25, 0.3) is 0 Å². The van der Waals surface area contributed by atoms with Gasteiger partial charge in [-0.2, -0.15) is 0 Å². The fraction of sp³-hybridized carbons (Fsp3) is 0.917. The van der Waals surface area contributed by atoms with Gasteiger partial charge in [-0.3, -0.25) is 9.57 Å². The van der Waals surface area contributed by atoms with Crippen molar-refractivity contribution in [3.8, 4) is 0 Å². The Morgan fingerprint density at radius 3 is 2.39 bits per heavy atom. The van der Waals surface area contributed by atoms with Crippen LogP contribution in [0.3, 0.4) is 0 Å². The van der Waals surface area contributed by atoms with Crippen LogP contribution in [0.4, 0.5) is 0 Å². The molecule has 0 aromatic carbocycles. The summed E-state index contributed by atoms with van der Waals surface area (Å²) in [5.74, 6) is 0.0472. The second-order valence-electron chi connectivity index (χ2n) is 5.50. The average molecular weight is 278 g/mol. The Morgan fingerprint density at radius 2 is 1.94 bits per heavy atom. The van der Waals surface area contributed by atoms with Crippen molar-refractivity contribution in [2.24, 2.45) is 5.73 Å². The van der Waals surface area contributed by atoms with Crippen molar-refractivity contribution in [3.63, 3.8) is 0 Å². The Bertz CT molecular complexity index is 358. The van der Waals surface area contributed by atoms with Gasteiger partial charge in [0.05, 0.1) is 0 Å². The molecule has 0 aliphatic rings. The normalized spacial score (nSPS) is 16.9. The third kappa shape index (κ3) is 8.47. The van der Waals surface area contributed by atoms with E-state index < -0.39 is 27.3 Å². The van der Waals surface area contributed by atoms with E-state index in [2.05, 4.69) is 0 Å². The maximum atomic E-state index is 11.8. The van der Waals surface area contributed by atoms with E-state index in [0.717, 1.165) is 12.8 Å². The summed E-state index contributed by atoms with van der Waals surface area (Å²) in [4.78, 5) is 11.6. The monoisotopic (exact) mass is 278 g/mol. The van der Waals surface area contributed by atoms with Gasteiger partial charge in [-0.15, -0.1) is 0 Å². The molecule has 108 valence electrons. The average Bonchev–Trinajstić information content (AvgIpc) is 2.21. The second kappa shape index (κ2) is 7.09. The Labute approximate surface area is 110 Å². The number of carbonyl (C=O) groups excluding carboxylic acids is 1. The first-order chi connectivity index (χ1) is 8.07. The molecular formula is C12H26N2O3S. The van der Waals surface area contributed by atoms with Crippen molar-refractivity contribution < 1.29 is 13.7 Å². The van der Waals surface area contributed by atoms with Crippen molar-refractivity contribution in [2.75, 3.05) is 11.5 Å². The summed E-state index contributed by atoms with van der Waals surface area (Å²) in [6.07, 6.45) is 1.92. The summed E-state index contributed by atoms with van der Waals surface area (Å²) in [6, 6.07) is -0.794. The molecule has 0 aromatic rings. The lowest BCUT2D eigenvalue weighted by atomic mass is 10.2. The summed E-state index contributed by atoms with van der Waals surface area (Å²) >= 11 is 0. The summed E-state index contributed by atoms with van der Waals surface area (Å²) in [6.45, 7) is 7.30. The van der Waals surface area contributed by atoms with Gasteiger partial charge in [-0.05, 0) is 33.6 Å². The molecule has 0 heterocycles. The lowest BCUT2D eigenvalue weighted by Crippen LogP contribution is -2.38. The van der Waals surface area contributed by atoms with Crippen molar-refractivity contribution in [1.29, 1.82) is 4.78 Å². The van der Waals surface area contributed by atoms with E-state index in [9.17, 15) is 9.00 Å². The van der Waals surface area contributed by atoms with E-state index in [1.807, 2.05) is 6.92 Å². The highest BCUT2D eigenvalue weighted by Gasteiger charge is 2.23. The molecule has 0 aliphatic heterocycles. The number of ether oxygens (including phenoxy) is 1. The second-order valence-corrected chi connectivity index (χ2v) is 7.94. The van der Waals surface area contributed by atoms with E-state index in [0.29, 0.717) is 5.75 Å². The first kappa shape index (κ1) is 17.4. The molecule has 2 atom stereocenters. The molecule has 6 heteroatoms. The van der Waals surface area contributed by atoms with Gasteiger partial charge >= 0.3 is 5.97 Å². The van der Waals surface area contributed by atoms with Gasteiger partial charge < -0.3 is 10.5 Å². The number of carbonyl (C=O) groups is 1. The van der Waals surface area contributed by atoms with Crippen LogP contribution >= 0.6 is 0 Å².